The Morgan fingerprint density at radius 3 is 2.06 bits per heavy atom. The van der Waals surface area contributed by atoms with Gasteiger partial charge < -0.3 is 30.1 Å². The molecule has 4 aliphatic rings. The minimum absolute atomic E-state index is 0.00861. The van der Waals surface area contributed by atoms with Crippen LogP contribution in [0.1, 0.15) is 194 Å². The number of methoxy groups -OCH3 is 1. The van der Waals surface area contributed by atoms with Crippen LogP contribution in [0.5, 0.6) is 0 Å². The molecule has 2 saturated heterocycles. The van der Waals surface area contributed by atoms with Crippen molar-refractivity contribution >= 4 is 47.3 Å². The molecule has 0 radical (unpaired) electrons. The number of Topliss-reactive ketones (excluding diaryl/α,β-unsaturated/α-hetero) is 2. The summed E-state index contributed by atoms with van der Waals surface area (Å²) in [5.74, 6) is 0.957. The van der Waals surface area contributed by atoms with E-state index < -0.39 is 12.0 Å². The molecule has 2 fully saturated rings. The number of hydrogen-bond donors (Lipinski definition) is 4. The van der Waals surface area contributed by atoms with E-state index in [2.05, 4.69) is 88.1 Å². The van der Waals surface area contributed by atoms with E-state index in [1.54, 1.807) is 6.92 Å². The number of aromatic amines is 2. The third-order valence-electron chi connectivity index (χ3n) is 15.2. The maximum absolute atomic E-state index is 14.4. The molecule has 10 nitrogen and oxygen atoms in total. The van der Waals surface area contributed by atoms with Crippen LogP contribution in [0.4, 0.5) is 0 Å². The predicted molar refractivity (Wildman–Crippen MR) is 263 cm³/mol. The molecule has 2 aromatic heterocycles. The maximum atomic E-state index is 14.4. The highest BCUT2D eigenvalue weighted by atomic mass is 16.5. The second kappa shape index (κ2) is 21.6. The van der Waals surface area contributed by atoms with Crippen LogP contribution in [0, 0.1) is 55.3 Å². The first kappa shape index (κ1) is 49.6. The van der Waals surface area contributed by atoms with Crippen LogP contribution < -0.4 is 10.6 Å². The Kier molecular flexibility index (Phi) is 16.5. The van der Waals surface area contributed by atoms with Crippen LogP contribution in [0.2, 0.25) is 0 Å². The zero-order valence-corrected chi connectivity index (χ0v) is 41.6. The van der Waals surface area contributed by atoms with Crippen molar-refractivity contribution in [3.05, 3.63) is 79.3 Å². The molecule has 3 aliphatic heterocycles. The molecule has 0 saturated carbocycles. The van der Waals surface area contributed by atoms with Gasteiger partial charge in [0.1, 0.15) is 12.2 Å². The fourth-order valence-corrected chi connectivity index (χ4v) is 11.0. The maximum Gasteiger partial charge on any atom is 0.342 e. The van der Waals surface area contributed by atoms with Crippen LogP contribution in [-0.2, 0) is 19.1 Å². The van der Waals surface area contributed by atoms with Crippen LogP contribution in [0.15, 0.2) is 34.3 Å². The standard InChI is InChI=1S/C55H78N4O6/c1-13-39-34(7)41-29-46-48(38(11)60)36(9)43(57-46)27-42-35(8)40(52(58-42)50-51(55(63)64-12)54(62)49-37(10)44(59-53(49)50)28-45(39)56-41)23-24-47(61)65-26-25-33(6)22-16-21-32(5)20-15-19-31(4)18-14-17-30(2)3/h25,27-32,34-35,39-40,52,56-59H,13-24,26H2,1-12H3/b33-25+,41-29-,42-27-,45-28-/t31-,32-,34-,35+,39-,40+,52?/m1/s1. The van der Waals surface area contributed by atoms with Crippen molar-refractivity contribution < 1.29 is 28.7 Å². The van der Waals surface area contributed by atoms with Crippen LogP contribution >= 0.6 is 0 Å². The molecular formula is C55H78N4O6. The lowest BCUT2D eigenvalue weighted by Gasteiger charge is -2.23. The van der Waals surface area contributed by atoms with E-state index in [1.165, 1.54) is 57.6 Å². The Morgan fingerprint density at radius 1 is 0.785 bits per heavy atom. The van der Waals surface area contributed by atoms with Gasteiger partial charge in [-0.25, -0.2) is 4.79 Å². The first-order valence-corrected chi connectivity index (χ1v) is 24.8. The first-order chi connectivity index (χ1) is 30.9. The highest BCUT2D eigenvalue weighted by molar-refractivity contribution is 6.34. The smallest absolute Gasteiger partial charge is 0.342 e. The number of aromatic nitrogens is 2. The van der Waals surface area contributed by atoms with E-state index in [9.17, 15) is 19.2 Å². The summed E-state index contributed by atoms with van der Waals surface area (Å²) in [4.78, 5) is 61.9. The van der Waals surface area contributed by atoms with Crippen molar-refractivity contribution in [3.63, 3.8) is 0 Å². The van der Waals surface area contributed by atoms with E-state index >= 15 is 0 Å². The van der Waals surface area contributed by atoms with Gasteiger partial charge in [-0.1, -0.05) is 99.0 Å². The van der Waals surface area contributed by atoms with Crippen molar-refractivity contribution in [2.45, 2.75) is 159 Å². The monoisotopic (exact) mass is 891 g/mol. The molecule has 5 heterocycles. The summed E-state index contributed by atoms with van der Waals surface area (Å²) >= 11 is 0. The summed E-state index contributed by atoms with van der Waals surface area (Å²) in [6.45, 7) is 23.7. The molecule has 7 atom stereocenters. The van der Waals surface area contributed by atoms with Gasteiger partial charge in [0, 0.05) is 63.8 Å². The third kappa shape index (κ3) is 11.1. The summed E-state index contributed by atoms with van der Waals surface area (Å²) in [6, 6.07) is -0.515. The number of H-pyrrole nitrogens is 2. The minimum atomic E-state index is -0.689. The SMILES string of the molecule is CC[C@H]1/C2=C/c3[nH]c4c(c3C)C(=O)C(C(=O)OC)=C4C3N/C(=C\c4[nH]c(c(C(C)=O)c4C)/C=C(\N2)[C@@H]1C)[C@@H](C)[C@@H]3CCC(=O)OC/C=C(\C)CCC[C@H](C)CCC[C@H](C)CCCC(C)C. The van der Waals surface area contributed by atoms with Gasteiger partial charge in [0.2, 0.25) is 5.78 Å². The average Bonchev–Trinajstić information content (AvgIpc) is 4.00. The van der Waals surface area contributed by atoms with Gasteiger partial charge in [-0.15, -0.1) is 0 Å². The zero-order chi connectivity index (χ0) is 47.3. The quantitative estimate of drug-likeness (QED) is 0.0445. The van der Waals surface area contributed by atoms with Crippen molar-refractivity contribution in [2.75, 3.05) is 13.7 Å². The normalized spacial score (nSPS) is 24.8. The average molecular weight is 891 g/mol. The third-order valence-corrected chi connectivity index (χ3v) is 15.2. The van der Waals surface area contributed by atoms with E-state index in [0.29, 0.717) is 34.7 Å². The Bertz CT molecular complexity index is 2280. The van der Waals surface area contributed by atoms with Gasteiger partial charge in [0.05, 0.1) is 30.1 Å². The fourth-order valence-electron chi connectivity index (χ4n) is 11.0. The minimum Gasteiger partial charge on any atom is -0.465 e. The number of rotatable bonds is 20. The number of ether oxygens (including phenoxy) is 2. The molecule has 8 bridgehead atoms. The van der Waals surface area contributed by atoms with Crippen molar-refractivity contribution in [3.8, 4) is 0 Å². The lowest BCUT2D eigenvalue weighted by atomic mass is 9.82. The number of esters is 2. The van der Waals surface area contributed by atoms with Crippen molar-refractivity contribution in [1.29, 1.82) is 0 Å². The number of carbonyl (C=O) groups excluding carboxylic acids is 4. The predicted octanol–water partition coefficient (Wildman–Crippen LogP) is 12.2. The van der Waals surface area contributed by atoms with Crippen LogP contribution in [0.3, 0.4) is 0 Å². The summed E-state index contributed by atoms with van der Waals surface area (Å²) in [6.07, 6.45) is 21.0. The molecule has 1 aliphatic carbocycles. The van der Waals surface area contributed by atoms with E-state index in [4.69, 9.17) is 9.47 Å². The number of carbonyl (C=O) groups is 4. The first-order valence-electron chi connectivity index (χ1n) is 24.8. The summed E-state index contributed by atoms with van der Waals surface area (Å²) in [5, 5.41) is 7.41. The highest BCUT2D eigenvalue weighted by Gasteiger charge is 2.48. The lowest BCUT2D eigenvalue weighted by Crippen LogP contribution is -2.31. The molecule has 0 amide bonds. The van der Waals surface area contributed by atoms with Crippen molar-refractivity contribution in [2.24, 2.45) is 41.4 Å². The Morgan fingerprint density at radius 2 is 1.42 bits per heavy atom. The number of nitrogens with one attached hydrogen (secondary N) is 4. The number of hydrogen-bond acceptors (Lipinski definition) is 8. The Labute approximate surface area is 389 Å². The van der Waals surface area contributed by atoms with Gasteiger partial charge in [-0.2, -0.15) is 0 Å². The molecule has 2 aromatic rings. The molecule has 10 heteroatoms. The zero-order valence-electron chi connectivity index (χ0n) is 41.6. The lowest BCUT2D eigenvalue weighted by molar-refractivity contribution is -0.142. The summed E-state index contributed by atoms with van der Waals surface area (Å²) < 4.78 is 11.1. The molecular weight excluding hydrogens is 813 g/mol. The van der Waals surface area contributed by atoms with E-state index in [-0.39, 0.29) is 59.8 Å². The van der Waals surface area contributed by atoms with Gasteiger partial charge in [-0.05, 0) is 112 Å². The van der Waals surface area contributed by atoms with Crippen LogP contribution in [-0.4, -0.2) is 53.2 Å². The van der Waals surface area contributed by atoms with E-state index in [1.807, 2.05) is 26.0 Å². The van der Waals surface area contributed by atoms with Crippen LogP contribution in [0.25, 0.3) is 23.8 Å². The largest absolute Gasteiger partial charge is 0.465 e. The van der Waals surface area contributed by atoms with Gasteiger partial charge >= 0.3 is 11.9 Å². The number of ketones is 2. The second-order valence-corrected chi connectivity index (χ2v) is 20.5. The molecule has 6 rings (SSSR count). The van der Waals surface area contributed by atoms with E-state index in [0.717, 1.165) is 76.4 Å². The number of allylic oxidation sites excluding steroid dienone is 4. The fraction of sp³-hybridized carbons (Fsp3) is 0.600. The molecule has 1 unspecified atom stereocenters. The Hall–Kier alpha value is -4.86. The highest BCUT2D eigenvalue weighted by Crippen LogP contribution is 2.47. The summed E-state index contributed by atoms with van der Waals surface area (Å²) in [7, 11) is 1.30. The Balaban J connectivity index is 1.20. The molecule has 65 heavy (non-hydrogen) atoms. The molecule has 354 valence electrons. The van der Waals surface area contributed by atoms with Gasteiger partial charge in [-0.3, -0.25) is 14.4 Å². The van der Waals surface area contributed by atoms with Gasteiger partial charge in [0.25, 0.3) is 0 Å². The van der Waals surface area contributed by atoms with Gasteiger partial charge in [0.15, 0.2) is 5.78 Å². The molecule has 4 N–H and O–H groups in total. The molecule has 0 aromatic carbocycles. The topological polar surface area (TPSA) is 142 Å². The number of fused-ring (bicyclic) bond motifs is 8. The molecule has 0 spiro atoms. The second-order valence-electron chi connectivity index (χ2n) is 20.5. The summed E-state index contributed by atoms with van der Waals surface area (Å²) in [5.41, 5.74) is 10.4. The van der Waals surface area contributed by atoms with Crippen molar-refractivity contribution in [1.82, 2.24) is 20.6 Å².